The molecular weight excluding hydrogens is 521 g/mol. The standard InChI is InChI=1S/C25H30ClN5O3S.ClH/c1-13(2)31-6-5-18-22(11-31)35-25(30-18)24(34)29-20-8-14(12-32)7-19(20)28-23(33)21-10-15-9-16(26)3-4-17(15)27-21;/h3-4,9-10,13-14,19-20,27,32H,5-8,11-12H2,1-2H3,(H,28,33)(H,29,34);1H. The Kier molecular flexibility index (Phi) is 8.26. The van der Waals surface area contributed by atoms with Crippen LogP contribution in [0.15, 0.2) is 24.3 Å². The van der Waals surface area contributed by atoms with Crippen LogP contribution in [0.3, 0.4) is 0 Å². The van der Waals surface area contributed by atoms with Crippen molar-refractivity contribution in [2.45, 2.75) is 57.8 Å². The number of amides is 2. The van der Waals surface area contributed by atoms with Crippen molar-refractivity contribution in [3.63, 3.8) is 0 Å². The number of hydrogen-bond acceptors (Lipinski definition) is 6. The number of aliphatic hydroxyl groups is 1. The van der Waals surface area contributed by atoms with Gasteiger partial charge in [0.05, 0.1) is 5.69 Å². The summed E-state index contributed by atoms with van der Waals surface area (Å²) in [6, 6.07) is 7.06. The summed E-state index contributed by atoms with van der Waals surface area (Å²) in [5, 5.41) is 17.8. The SMILES string of the molecule is CC(C)N1CCc2nc(C(=O)NC3CC(CO)CC3NC(=O)c3cc4cc(Cl)ccc4[nH]3)sc2C1.Cl. The Morgan fingerprint density at radius 3 is 2.64 bits per heavy atom. The van der Waals surface area contributed by atoms with Gasteiger partial charge in [-0.25, -0.2) is 4.98 Å². The number of rotatable bonds is 6. The molecule has 36 heavy (non-hydrogen) atoms. The molecule has 1 aliphatic carbocycles. The number of nitrogens with one attached hydrogen (secondary N) is 3. The fraction of sp³-hybridized carbons (Fsp3) is 0.480. The molecule has 2 aliphatic rings. The van der Waals surface area contributed by atoms with Gasteiger partial charge in [0.25, 0.3) is 11.8 Å². The highest BCUT2D eigenvalue weighted by atomic mass is 35.5. The molecule has 4 N–H and O–H groups in total. The van der Waals surface area contributed by atoms with Gasteiger partial charge in [0.2, 0.25) is 0 Å². The van der Waals surface area contributed by atoms with E-state index < -0.39 is 0 Å². The van der Waals surface area contributed by atoms with E-state index in [1.165, 1.54) is 11.3 Å². The summed E-state index contributed by atoms with van der Waals surface area (Å²) >= 11 is 7.52. The Labute approximate surface area is 225 Å². The van der Waals surface area contributed by atoms with Gasteiger partial charge in [-0.1, -0.05) is 11.6 Å². The van der Waals surface area contributed by atoms with E-state index in [1.807, 2.05) is 6.07 Å². The van der Waals surface area contributed by atoms with Crippen molar-refractivity contribution in [3.05, 3.63) is 50.6 Å². The first-order valence-electron chi connectivity index (χ1n) is 12.0. The van der Waals surface area contributed by atoms with Crippen LogP contribution in [0.1, 0.15) is 57.6 Å². The predicted octanol–water partition coefficient (Wildman–Crippen LogP) is 3.77. The molecule has 1 aromatic carbocycles. The number of thiazole rings is 1. The number of aromatic amines is 1. The maximum atomic E-state index is 13.1. The monoisotopic (exact) mass is 551 g/mol. The number of halogens is 2. The topological polar surface area (TPSA) is 110 Å². The number of benzene rings is 1. The molecule has 5 rings (SSSR count). The fourth-order valence-corrected chi connectivity index (χ4v) is 6.28. The van der Waals surface area contributed by atoms with Crippen molar-refractivity contribution in [2.75, 3.05) is 13.2 Å². The van der Waals surface area contributed by atoms with Crippen LogP contribution in [-0.4, -0.2) is 63.1 Å². The molecule has 1 saturated carbocycles. The van der Waals surface area contributed by atoms with E-state index in [9.17, 15) is 14.7 Å². The molecule has 3 heterocycles. The minimum absolute atomic E-state index is 0. The molecule has 194 valence electrons. The molecule has 3 unspecified atom stereocenters. The molecule has 8 nitrogen and oxygen atoms in total. The fourth-order valence-electron chi connectivity index (χ4n) is 5.07. The molecule has 3 atom stereocenters. The highest BCUT2D eigenvalue weighted by Gasteiger charge is 2.37. The number of carbonyl (C=O) groups is 2. The molecule has 1 fully saturated rings. The number of nitrogens with zero attached hydrogens (tertiary/aromatic N) is 2. The molecule has 0 spiro atoms. The lowest BCUT2D eigenvalue weighted by molar-refractivity contribution is 0.0889. The Balaban J connectivity index is 0.00000304. The molecule has 0 saturated heterocycles. The van der Waals surface area contributed by atoms with Gasteiger partial charge in [-0.15, -0.1) is 23.7 Å². The second-order valence-electron chi connectivity index (χ2n) is 9.80. The normalized spacial score (nSPS) is 21.9. The van der Waals surface area contributed by atoms with Gasteiger partial charge in [0.1, 0.15) is 5.69 Å². The van der Waals surface area contributed by atoms with Crippen LogP contribution >= 0.6 is 35.3 Å². The molecule has 1 aliphatic heterocycles. The van der Waals surface area contributed by atoms with Crippen molar-refractivity contribution in [1.29, 1.82) is 0 Å². The first kappa shape index (κ1) is 26.9. The van der Waals surface area contributed by atoms with Crippen molar-refractivity contribution in [2.24, 2.45) is 5.92 Å². The second kappa shape index (κ2) is 11.1. The lowest BCUT2D eigenvalue weighted by Crippen LogP contribution is -2.48. The summed E-state index contributed by atoms with van der Waals surface area (Å²) in [5.41, 5.74) is 2.27. The van der Waals surface area contributed by atoms with E-state index in [-0.39, 0.29) is 48.8 Å². The maximum absolute atomic E-state index is 13.1. The molecular formula is C25H31Cl2N5O3S. The van der Waals surface area contributed by atoms with E-state index in [4.69, 9.17) is 11.6 Å². The largest absolute Gasteiger partial charge is 0.396 e. The summed E-state index contributed by atoms with van der Waals surface area (Å²) in [6.07, 6.45) is 2.04. The third kappa shape index (κ3) is 5.55. The Hall–Kier alpha value is -2.17. The summed E-state index contributed by atoms with van der Waals surface area (Å²) in [5.74, 6) is -0.460. The predicted molar refractivity (Wildman–Crippen MR) is 144 cm³/mol. The van der Waals surface area contributed by atoms with Crippen LogP contribution in [-0.2, 0) is 13.0 Å². The Bertz CT molecular complexity index is 1260. The van der Waals surface area contributed by atoms with Crippen LogP contribution in [0.25, 0.3) is 10.9 Å². The van der Waals surface area contributed by atoms with Crippen molar-refractivity contribution < 1.29 is 14.7 Å². The summed E-state index contributed by atoms with van der Waals surface area (Å²) in [6.45, 7) is 6.14. The number of H-pyrrole nitrogens is 1. The van der Waals surface area contributed by atoms with E-state index in [2.05, 4.69) is 39.3 Å². The van der Waals surface area contributed by atoms with Gasteiger partial charge < -0.3 is 20.7 Å². The zero-order valence-electron chi connectivity index (χ0n) is 20.2. The van der Waals surface area contributed by atoms with Gasteiger partial charge in [-0.2, -0.15) is 0 Å². The number of carbonyl (C=O) groups excluding carboxylic acids is 2. The molecule has 2 amide bonds. The zero-order valence-corrected chi connectivity index (χ0v) is 22.6. The van der Waals surface area contributed by atoms with Gasteiger partial charge >= 0.3 is 0 Å². The van der Waals surface area contributed by atoms with Gasteiger partial charge in [-0.3, -0.25) is 14.5 Å². The van der Waals surface area contributed by atoms with Crippen molar-refractivity contribution in [3.8, 4) is 0 Å². The van der Waals surface area contributed by atoms with Gasteiger partial charge in [0, 0.05) is 65.0 Å². The van der Waals surface area contributed by atoms with Gasteiger partial charge in [0.15, 0.2) is 5.01 Å². The van der Waals surface area contributed by atoms with E-state index in [0.29, 0.717) is 34.6 Å². The van der Waals surface area contributed by atoms with Crippen LogP contribution < -0.4 is 10.6 Å². The van der Waals surface area contributed by atoms with Crippen LogP contribution in [0.2, 0.25) is 5.02 Å². The zero-order chi connectivity index (χ0) is 24.7. The lowest BCUT2D eigenvalue weighted by Gasteiger charge is -2.29. The molecule has 0 bridgehead atoms. The molecule has 2 aromatic heterocycles. The average molecular weight is 553 g/mol. The van der Waals surface area contributed by atoms with Crippen LogP contribution in [0.5, 0.6) is 0 Å². The molecule has 3 aromatic rings. The van der Waals surface area contributed by atoms with Crippen LogP contribution in [0, 0.1) is 5.92 Å². The van der Waals surface area contributed by atoms with Gasteiger partial charge in [-0.05, 0) is 56.9 Å². The third-order valence-corrected chi connectivity index (χ3v) is 8.38. The number of aliphatic hydroxyl groups excluding tert-OH is 1. The molecule has 0 radical (unpaired) electrons. The Morgan fingerprint density at radius 2 is 1.94 bits per heavy atom. The number of aromatic nitrogens is 2. The summed E-state index contributed by atoms with van der Waals surface area (Å²) in [4.78, 5) is 37.4. The quantitative estimate of drug-likeness (QED) is 0.372. The first-order chi connectivity index (χ1) is 16.8. The minimum atomic E-state index is -0.287. The third-order valence-electron chi connectivity index (χ3n) is 7.06. The maximum Gasteiger partial charge on any atom is 0.280 e. The van der Waals surface area contributed by atoms with Crippen LogP contribution in [0.4, 0.5) is 0 Å². The van der Waals surface area contributed by atoms with E-state index in [1.54, 1.807) is 18.2 Å². The average Bonchev–Trinajstić information content (AvgIpc) is 3.54. The number of fused-ring (bicyclic) bond motifs is 2. The van der Waals surface area contributed by atoms with Crippen molar-refractivity contribution >= 4 is 58.1 Å². The summed E-state index contributed by atoms with van der Waals surface area (Å²) < 4.78 is 0. The highest BCUT2D eigenvalue weighted by Crippen LogP contribution is 2.29. The van der Waals surface area contributed by atoms with E-state index >= 15 is 0 Å². The first-order valence-corrected chi connectivity index (χ1v) is 13.2. The molecule has 11 heteroatoms. The minimum Gasteiger partial charge on any atom is -0.396 e. The second-order valence-corrected chi connectivity index (χ2v) is 11.3. The highest BCUT2D eigenvalue weighted by molar-refractivity contribution is 7.13. The van der Waals surface area contributed by atoms with E-state index in [0.717, 1.165) is 41.0 Å². The lowest BCUT2D eigenvalue weighted by atomic mass is 10.1. The smallest absolute Gasteiger partial charge is 0.280 e. The summed E-state index contributed by atoms with van der Waals surface area (Å²) in [7, 11) is 0. The number of hydrogen-bond donors (Lipinski definition) is 4. The van der Waals surface area contributed by atoms with Crippen molar-refractivity contribution in [1.82, 2.24) is 25.5 Å². The Morgan fingerprint density at radius 1 is 1.22 bits per heavy atom.